The molecule has 4 rings (SSSR count). The van der Waals surface area contributed by atoms with Gasteiger partial charge in [0.25, 0.3) is 0 Å². The Hall–Kier alpha value is -3.03. The maximum atomic E-state index is 13.3. The van der Waals surface area contributed by atoms with Crippen molar-refractivity contribution in [1.29, 1.82) is 0 Å². The highest BCUT2D eigenvalue weighted by Crippen LogP contribution is 2.40. The van der Waals surface area contributed by atoms with Crippen LogP contribution in [0.2, 0.25) is 0 Å². The lowest BCUT2D eigenvalue weighted by atomic mass is 10.1. The molecule has 1 fully saturated rings. The minimum atomic E-state index is -0.249. The Morgan fingerprint density at radius 3 is 3.12 bits per heavy atom. The molecule has 7 nitrogen and oxygen atoms in total. The lowest BCUT2D eigenvalue weighted by Gasteiger charge is -2.17. The number of carbonyl (C=O) groups excluding carboxylic acids is 1. The summed E-state index contributed by atoms with van der Waals surface area (Å²) >= 11 is 0. The second kappa shape index (κ2) is 6.12. The van der Waals surface area contributed by atoms with E-state index in [9.17, 15) is 9.18 Å². The lowest BCUT2D eigenvalue weighted by Crippen LogP contribution is -2.37. The van der Waals surface area contributed by atoms with Crippen LogP contribution in [0.4, 0.5) is 10.2 Å². The largest absolute Gasteiger partial charge is 0.351 e. The molecule has 1 aliphatic rings. The van der Waals surface area contributed by atoms with Gasteiger partial charge in [-0.25, -0.2) is 19.3 Å². The lowest BCUT2D eigenvalue weighted by molar-refractivity contribution is -0.119. The first-order valence-electron chi connectivity index (χ1n) is 8.02. The zero-order chi connectivity index (χ0) is 17.4. The average Bonchev–Trinajstić information content (AvgIpc) is 3.17. The Morgan fingerprint density at radius 2 is 2.28 bits per heavy atom. The number of nitrogens with zero attached hydrogens (tertiary/aromatic N) is 4. The topological polar surface area (TPSA) is 86.8 Å². The van der Waals surface area contributed by atoms with Crippen LogP contribution in [0.1, 0.15) is 17.9 Å². The predicted molar refractivity (Wildman–Crippen MR) is 90.6 cm³/mol. The van der Waals surface area contributed by atoms with Crippen LogP contribution in [-0.4, -0.2) is 45.5 Å². The summed E-state index contributed by atoms with van der Waals surface area (Å²) < 4.78 is 13.3. The minimum Gasteiger partial charge on any atom is -0.351 e. The van der Waals surface area contributed by atoms with Gasteiger partial charge in [0, 0.05) is 19.0 Å². The summed E-state index contributed by atoms with van der Waals surface area (Å²) in [7, 11) is 1.79. The van der Waals surface area contributed by atoms with Crippen molar-refractivity contribution in [2.45, 2.75) is 18.4 Å². The molecule has 1 aliphatic carbocycles. The second-order valence-corrected chi connectivity index (χ2v) is 6.23. The van der Waals surface area contributed by atoms with Crippen molar-refractivity contribution in [2.24, 2.45) is 0 Å². The fourth-order valence-electron chi connectivity index (χ4n) is 3.04. The highest BCUT2D eigenvalue weighted by molar-refractivity contribution is 5.87. The first-order chi connectivity index (χ1) is 12.1. The van der Waals surface area contributed by atoms with Crippen molar-refractivity contribution >= 4 is 22.9 Å². The fourth-order valence-corrected chi connectivity index (χ4v) is 3.04. The Balaban J connectivity index is 1.37. The molecule has 2 heterocycles. The summed E-state index contributed by atoms with van der Waals surface area (Å²) in [4.78, 5) is 29.4. The number of nitrogens with one attached hydrogen (secondary N) is 2. The van der Waals surface area contributed by atoms with Gasteiger partial charge in [-0.15, -0.1) is 0 Å². The maximum absolute atomic E-state index is 13.3. The van der Waals surface area contributed by atoms with E-state index in [4.69, 9.17) is 0 Å². The Morgan fingerprint density at radius 1 is 1.40 bits per heavy atom. The number of anilines is 1. The molecular weight excluding hydrogens is 323 g/mol. The minimum absolute atomic E-state index is 0.0558. The number of hydrogen-bond acceptors (Lipinski definition) is 5. The predicted octanol–water partition coefficient (Wildman–Crippen LogP) is 1.60. The molecule has 0 unspecified atom stereocenters. The molecule has 0 aliphatic heterocycles. The summed E-state index contributed by atoms with van der Waals surface area (Å²) in [5.74, 6) is 0.456. The molecule has 8 heteroatoms. The summed E-state index contributed by atoms with van der Waals surface area (Å²) in [6.07, 6.45) is 3.80. The normalized spacial score (nSPS) is 19.0. The van der Waals surface area contributed by atoms with Crippen molar-refractivity contribution in [2.75, 3.05) is 18.5 Å². The number of imidazole rings is 1. The van der Waals surface area contributed by atoms with Crippen LogP contribution in [0.3, 0.4) is 0 Å². The molecule has 3 aromatic rings. The van der Waals surface area contributed by atoms with Gasteiger partial charge in [0.05, 0.1) is 12.9 Å². The molecule has 2 atom stereocenters. The van der Waals surface area contributed by atoms with Gasteiger partial charge in [0.2, 0.25) is 5.91 Å². The van der Waals surface area contributed by atoms with E-state index in [0.29, 0.717) is 17.0 Å². The van der Waals surface area contributed by atoms with E-state index < -0.39 is 0 Å². The van der Waals surface area contributed by atoms with Crippen LogP contribution >= 0.6 is 0 Å². The second-order valence-electron chi connectivity index (χ2n) is 6.23. The molecule has 1 amide bonds. The van der Waals surface area contributed by atoms with Crippen LogP contribution in [0.25, 0.3) is 11.2 Å². The van der Waals surface area contributed by atoms with Crippen LogP contribution in [0.15, 0.2) is 36.9 Å². The molecule has 2 N–H and O–H groups in total. The van der Waals surface area contributed by atoms with Gasteiger partial charge in [-0.3, -0.25) is 4.79 Å². The van der Waals surface area contributed by atoms with Crippen LogP contribution in [0.5, 0.6) is 0 Å². The number of benzene rings is 1. The number of likely N-dealkylation sites (N-methyl/N-ethyl adjacent to an activating group) is 1. The molecule has 0 saturated heterocycles. The van der Waals surface area contributed by atoms with Crippen LogP contribution in [-0.2, 0) is 4.79 Å². The molecule has 25 heavy (non-hydrogen) atoms. The standard InChI is InChI=1S/C17H17FN6O/c1-24(17-15-16(20-8-19-15)21-9-22-17)7-14(25)23-13-6-12(13)10-3-2-4-11(18)5-10/h2-5,8-9,12-13H,6-7H2,1H3,(H,23,25)(H,19,20,21,22)/t12-,13-/m1/s1. The Labute approximate surface area is 143 Å². The van der Waals surface area contributed by atoms with E-state index in [0.717, 1.165) is 12.0 Å². The average molecular weight is 340 g/mol. The van der Waals surface area contributed by atoms with Crippen molar-refractivity contribution in [3.63, 3.8) is 0 Å². The SMILES string of the molecule is CN(CC(=O)N[C@@H]1C[C@@H]1c1cccc(F)c1)c1ncnc2nc[nH]c12. The van der Waals surface area contributed by atoms with Gasteiger partial charge >= 0.3 is 0 Å². The molecule has 128 valence electrons. The third kappa shape index (κ3) is 3.15. The van der Waals surface area contributed by atoms with Crippen LogP contribution in [0, 0.1) is 5.82 Å². The quantitative estimate of drug-likeness (QED) is 0.737. The van der Waals surface area contributed by atoms with Crippen molar-refractivity contribution in [3.8, 4) is 0 Å². The summed E-state index contributed by atoms with van der Waals surface area (Å²) in [6.45, 7) is 0.164. The van der Waals surface area contributed by atoms with Crippen molar-refractivity contribution in [3.05, 3.63) is 48.3 Å². The summed E-state index contributed by atoms with van der Waals surface area (Å²) in [5, 5.41) is 2.99. The Bertz CT molecular complexity index is 926. The number of rotatable bonds is 5. The highest BCUT2D eigenvalue weighted by atomic mass is 19.1. The van der Waals surface area contributed by atoms with E-state index in [2.05, 4.69) is 25.3 Å². The van der Waals surface area contributed by atoms with Crippen LogP contribution < -0.4 is 10.2 Å². The third-order valence-electron chi connectivity index (χ3n) is 4.36. The number of fused-ring (bicyclic) bond motifs is 1. The number of aromatic amines is 1. The van der Waals surface area contributed by atoms with E-state index >= 15 is 0 Å². The Kier molecular flexibility index (Phi) is 3.79. The number of aromatic nitrogens is 4. The molecule has 0 radical (unpaired) electrons. The van der Waals surface area contributed by atoms with E-state index in [1.807, 2.05) is 6.07 Å². The third-order valence-corrected chi connectivity index (χ3v) is 4.36. The van der Waals surface area contributed by atoms with Crippen molar-refractivity contribution < 1.29 is 9.18 Å². The fraction of sp³-hybridized carbons (Fsp3) is 0.294. The van der Waals surface area contributed by atoms with Gasteiger partial charge in [0.1, 0.15) is 17.7 Å². The monoisotopic (exact) mass is 340 g/mol. The molecule has 1 aromatic carbocycles. The van der Waals surface area contributed by atoms with Crippen molar-refractivity contribution in [1.82, 2.24) is 25.3 Å². The zero-order valence-electron chi connectivity index (χ0n) is 13.6. The molecule has 1 saturated carbocycles. The van der Waals surface area contributed by atoms with Gasteiger partial charge in [0.15, 0.2) is 11.5 Å². The first kappa shape index (κ1) is 15.5. The number of halogens is 1. The molecule has 0 spiro atoms. The number of hydrogen-bond donors (Lipinski definition) is 2. The van der Waals surface area contributed by atoms with Gasteiger partial charge in [-0.1, -0.05) is 12.1 Å². The zero-order valence-corrected chi connectivity index (χ0v) is 13.6. The number of carbonyl (C=O) groups is 1. The smallest absolute Gasteiger partial charge is 0.239 e. The molecular formula is C17H17FN6O. The number of amides is 1. The summed E-state index contributed by atoms with van der Waals surface area (Å²) in [5.41, 5.74) is 2.18. The molecule has 2 aromatic heterocycles. The summed E-state index contributed by atoms with van der Waals surface area (Å²) in [6, 6.07) is 6.59. The van der Waals surface area contributed by atoms with E-state index in [-0.39, 0.29) is 30.2 Å². The van der Waals surface area contributed by atoms with Gasteiger partial charge < -0.3 is 15.2 Å². The van der Waals surface area contributed by atoms with Gasteiger partial charge in [-0.05, 0) is 24.1 Å². The molecule has 0 bridgehead atoms. The van der Waals surface area contributed by atoms with E-state index in [1.165, 1.54) is 18.5 Å². The van der Waals surface area contributed by atoms with E-state index in [1.54, 1.807) is 24.3 Å². The first-order valence-corrected chi connectivity index (χ1v) is 8.02. The maximum Gasteiger partial charge on any atom is 0.239 e. The highest BCUT2D eigenvalue weighted by Gasteiger charge is 2.39. The van der Waals surface area contributed by atoms with Gasteiger partial charge in [-0.2, -0.15) is 0 Å². The number of H-pyrrole nitrogens is 1.